The van der Waals surface area contributed by atoms with E-state index in [1.54, 1.807) is 24.3 Å². The fraction of sp³-hybridized carbons (Fsp3) is 0.111. The number of nitrogens with zero attached hydrogens (tertiary/aromatic N) is 1. The van der Waals surface area contributed by atoms with E-state index in [1.165, 1.54) is 11.3 Å². The zero-order chi connectivity index (χ0) is 17.1. The fourth-order valence-electron chi connectivity index (χ4n) is 2.23. The molecule has 0 aliphatic rings. The highest BCUT2D eigenvalue weighted by molar-refractivity contribution is 7.15. The Morgan fingerprint density at radius 2 is 1.96 bits per heavy atom. The summed E-state index contributed by atoms with van der Waals surface area (Å²) in [6.45, 7) is 2.34. The Labute approximate surface area is 154 Å². The van der Waals surface area contributed by atoms with Crippen molar-refractivity contribution in [3.63, 3.8) is 0 Å². The largest absolute Gasteiger partial charge is 0.347 e. The van der Waals surface area contributed by atoms with Crippen LogP contribution in [0.5, 0.6) is 0 Å². The maximum atomic E-state index is 12.2. The van der Waals surface area contributed by atoms with Crippen LogP contribution in [-0.2, 0) is 6.54 Å². The van der Waals surface area contributed by atoms with Crippen molar-refractivity contribution in [3.8, 4) is 10.6 Å². The van der Waals surface area contributed by atoms with Gasteiger partial charge in [-0.3, -0.25) is 4.79 Å². The van der Waals surface area contributed by atoms with Gasteiger partial charge in [-0.25, -0.2) is 4.98 Å². The molecule has 6 heteroatoms. The quantitative estimate of drug-likeness (QED) is 0.666. The number of amides is 1. The molecule has 0 aliphatic carbocycles. The van der Waals surface area contributed by atoms with Crippen molar-refractivity contribution >= 4 is 40.4 Å². The Kier molecular flexibility index (Phi) is 5.19. The number of carbonyl (C=O) groups excluding carboxylic acids is 1. The summed E-state index contributed by atoms with van der Waals surface area (Å²) < 4.78 is 0. The molecule has 1 N–H and O–H groups in total. The average molecular weight is 377 g/mol. The zero-order valence-electron chi connectivity index (χ0n) is 12.8. The number of aryl methyl sites for hydroxylation is 1. The normalized spacial score (nSPS) is 10.6. The van der Waals surface area contributed by atoms with Crippen LogP contribution in [-0.4, -0.2) is 10.9 Å². The smallest absolute Gasteiger partial charge is 0.251 e. The summed E-state index contributed by atoms with van der Waals surface area (Å²) in [5.74, 6) is -0.162. The Morgan fingerprint density at radius 1 is 1.17 bits per heavy atom. The molecule has 0 aliphatic heterocycles. The minimum absolute atomic E-state index is 0.162. The van der Waals surface area contributed by atoms with Crippen molar-refractivity contribution in [2.45, 2.75) is 13.5 Å². The minimum atomic E-state index is -0.162. The molecule has 122 valence electrons. The number of rotatable bonds is 4. The summed E-state index contributed by atoms with van der Waals surface area (Å²) >= 11 is 13.7. The standard InChI is InChI=1S/C18H14Cl2N2OS/c1-11-16(10-21-17(23)12-5-4-6-13(19)9-12)24-18(22-11)14-7-2-3-8-15(14)20/h2-9H,10H2,1H3,(H,21,23). The van der Waals surface area contributed by atoms with Crippen LogP contribution in [0.3, 0.4) is 0 Å². The predicted octanol–water partition coefficient (Wildman–Crippen LogP) is 5.36. The number of hydrogen-bond acceptors (Lipinski definition) is 3. The van der Waals surface area contributed by atoms with Gasteiger partial charge in [0.15, 0.2) is 0 Å². The third kappa shape index (κ3) is 3.78. The Bertz CT molecular complexity index is 892. The highest BCUT2D eigenvalue weighted by Crippen LogP contribution is 2.32. The van der Waals surface area contributed by atoms with Gasteiger partial charge in [0.1, 0.15) is 5.01 Å². The summed E-state index contributed by atoms with van der Waals surface area (Å²) in [6, 6.07) is 14.5. The first-order valence-electron chi connectivity index (χ1n) is 7.29. The van der Waals surface area contributed by atoms with Gasteiger partial charge in [0.05, 0.1) is 17.3 Å². The van der Waals surface area contributed by atoms with Crippen LogP contribution in [0.25, 0.3) is 10.6 Å². The number of thiazole rings is 1. The van der Waals surface area contributed by atoms with E-state index < -0.39 is 0 Å². The lowest BCUT2D eigenvalue weighted by Gasteiger charge is -2.04. The van der Waals surface area contributed by atoms with E-state index in [0.717, 1.165) is 21.1 Å². The van der Waals surface area contributed by atoms with E-state index in [0.29, 0.717) is 22.2 Å². The molecule has 1 heterocycles. The molecule has 2 aromatic carbocycles. The molecule has 0 radical (unpaired) electrons. The number of carbonyl (C=O) groups is 1. The molecular formula is C18H14Cl2N2OS. The number of nitrogens with one attached hydrogen (secondary N) is 1. The molecule has 0 bridgehead atoms. The second-order valence-corrected chi connectivity index (χ2v) is 7.13. The van der Waals surface area contributed by atoms with Crippen LogP contribution < -0.4 is 5.32 Å². The SMILES string of the molecule is Cc1nc(-c2ccccc2Cl)sc1CNC(=O)c1cccc(Cl)c1. The van der Waals surface area contributed by atoms with E-state index in [1.807, 2.05) is 31.2 Å². The van der Waals surface area contributed by atoms with Crippen LogP contribution in [0.4, 0.5) is 0 Å². The molecule has 0 spiro atoms. The Morgan fingerprint density at radius 3 is 2.71 bits per heavy atom. The van der Waals surface area contributed by atoms with Gasteiger partial charge in [0, 0.05) is 21.0 Å². The van der Waals surface area contributed by atoms with Crippen LogP contribution in [0.2, 0.25) is 10.0 Å². The van der Waals surface area contributed by atoms with E-state index in [4.69, 9.17) is 23.2 Å². The topological polar surface area (TPSA) is 42.0 Å². The van der Waals surface area contributed by atoms with Crippen LogP contribution in [0, 0.1) is 6.92 Å². The summed E-state index contributed by atoms with van der Waals surface area (Å²) in [4.78, 5) is 17.8. The first kappa shape index (κ1) is 17.0. The van der Waals surface area contributed by atoms with E-state index in [-0.39, 0.29) is 5.91 Å². The van der Waals surface area contributed by atoms with Gasteiger partial charge in [-0.15, -0.1) is 11.3 Å². The molecule has 0 saturated heterocycles. The first-order valence-corrected chi connectivity index (χ1v) is 8.87. The second kappa shape index (κ2) is 7.34. The van der Waals surface area contributed by atoms with Crippen molar-refractivity contribution in [2.75, 3.05) is 0 Å². The zero-order valence-corrected chi connectivity index (χ0v) is 15.2. The summed E-state index contributed by atoms with van der Waals surface area (Å²) in [5, 5.41) is 4.96. The third-order valence-electron chi connectivity index (χ3n) is 3.49. The lowest BCUT2D eigenvalue weighted by molar-refractivity contribution is 0.0951. The van der Waals surface area contributed by atoms with Gasteiger partial charge in [0.2, 0.25) is 0 Å². The molecule has 0 saturated carbocycles. The molecule has 3 nitrogen and oxygen atoms in total. The molecule has 0 atom stereocenters. The van der Waals surface area contributed by atoms with Gasteiger partial charge < -0.3 is 5.32 Å². The van der Waals surface area contributed by atoms with E-state index in [9.17, 15) is 4.79 Å². The van der Waals surface area contributed by atoms with Crippen LogP contribution in [0.15, 0.2) is 48.5 Å². The van der Waals surface area contributed by atoms with Crippen molar-refractivity contribution < 1.29 is 4.79 Å². The van der Waals surface area contributed by atoms with Gasteiger partial charge >= 0.3 is 0 Å². The average Bonchev–Trinajstić information content (AvgIpc) is 2.93. The number of hydrogen-bond donors (Lipinski definition) is 1. The van der Waals surface area contributed by atoms with E-state index >= 15 is 0 Å². The Balaban J connectivity index is 1.75. The lowest BCUT2D eigenvalue weighted by Crippen LogP contribution is -2.22. The van der Waals surface area contributed by atoms with Crippen molar-refractivity contribution in [1.29, 1.82) is 0 Å². The fourth-order valence-corrected chi connectivity index (χ4v) is 3.75. The minimum Gasteiger partial charge on any atom is -0.347 e. The second-order valence-electron chi connectivity index (χ2n) is 5.20. The highest BCUT2D eigenvalue weighted by Gasteiger charge is 2.13. The van der Waals surface area contributed by atoms with Gasteiger partial charge in [-0.1, -0.05) is 47.5 Å². The van der Waals surface area contributed by atoms with Crippen molar-refractivity contribution in [1.82, 2.24) is 10.3 Å². The Hall–Kier alpha value is -1.88. The van der Waals surface area contributed by atoms with E-state index in [2.05, 4.69) is 10.3 Å². The maximum Gasteiger partial charge on any atom is 0.251 e. The number of benzene rings is 2. The van der Waals surface area contributed by atoms with Gasteiger partial charge in [0.25, 0.3) is 5.91 Å². The molecule has 3 rings (SSSR count). The van der Waals surface area contributed by atoms with Gasteiger partial charge in [-0.05, 0) is 31.2 Å². The third-order valence-corrected chi connectivity index (χ3v) is 5.25. The van der Waals surface area contributed by atoms with Crippen LogP contribution >= 0.6 is 34.5 Å². The number of halogens is 2. The van der Waals surface area contributed by atoms with Gasteiger partial charge in [-0.2, -0.15) is 0 Å². The summed E-state index contributed by atoms with van der Waals surface area (Å²) in [5.41, 5.74) is 2.33. The monoisotopic (exact) mass is 376 g/mol. The van der Waals surface area contributed by atoms with Crippen molar-refractivity contribution in [2.24, 2.45) is 0 Å². The number of aromatic nitrogens is 1. The molecular weight excluding hydrogens is 363 g/mol. The predicted molar refractivity (Wildman–Crippen MR) is 99.9 cm³/mol. The molecule has 0 unspecified atom stereocenters. The summed E-state index contributed by atoms with van der Waals surface area (Å²) in [6.07, 6.45) is 0. The highest BCUT2D eigenvalue weighted by atomic mass is 35.5. The molecule has 3 aromatic rings. The lowest BCUT2D eigenvalue weighted by atomic mass is 10.2. The van der Waals surface area contributed by atoms with Crippen molar-refractivity contribution in [3.05, 3.63) is 74.7 Å². The summed E-state index contributed by atoms with van der Waals surface area (Å²) in [7, 11) is 0. The molecule has 1 amide bonds. The maximum absolute atomic E-state index is 12.2. The van der Waals surface area contributed by atoms with Crippen LogP contribution in [0.1, 0.15) is 20.9 Å². The molecule has 24 heavy (non-hydrogen) atoms. The first-order chi connectivity index (χ1) is 11.5. The molecule has 0 fully saturated rings. The molecule has 1 aromatic heterocycles.